The van der Waals surface area contributed by atoms with Crippen LogP contribution in [0.1, 0.15) is 18.4 Å². The molecule has 0 saturated carbocycles. The Bertz CT molecular complexity index is 422. The van der Waals surface area contributed by atoms with Crippen molar-refractivity contribution in [3.63, 3.8) is 0 Å². The summed E-state index contributed by atoms with van der Waals surface area (Å²) in [7, 11) is 1.89. The van der Waals surface area contributed by atoms with Crippen LogP contribution in [-0.4, -0.2) is 54.1 Å². The molecule has 1 aromatic rings. The summed E-state index contributed by atoms with van der Waals surface area (Å²) >= 11 is 0. The van der Waals surface area contributed by atoms with Gasteiger partial charge < -0.3 is 5.11 Å². The molecule has 4 nitrogen and oxygen atoms in total. The second-order valence-electron chi connectivity index (χ2n) is 5.82. The van der Waals surface area contributed by atoms with Gasteiger partial charge >= 0.3 is 5.97 Å². The molecule has 1 fully saturated rings. The Morgan fingerprint density at radius 3 is 2.85 bits per heavy atom. The van der Waals surface area contributed by atoms with Gasteiger partial charge in [-0.25, -0.2) is 0 Å². The first kappa shape index (κ1) is 15.0. The highest BCUT2D eigenvalue weighted by molar-refractivity contribution is 5.68. The molecule has 0 bridgehead atoms. The van der Waals surface area contributed by atoms with Crippen molar-refractivity contribution in [3.8, 4) is 0 Å². The first-order chi connectivity index (χ1) is 9.63. The summed E-state index contributed by atoms with van der Waals surface area (Å²) in [6, 6.07) is 10.5. The highest BCUT2D eigenvalue weighted by Crippen LogP contribution is 2.19. The van der Waals surface area contributed by atoms with Gasteiger partial charge in [0.05, 0.1) is 6.54 Å². The molecule has 0 amide bonds. The van der Waals surface area contributed by atoms with Gasteiger partial charge in [0.25, 0.3) is 0 Å². The number of aliphatic carboxylic acids is 1. The Labute approximate surface area is 121 Å². The molecule has 1 atom stereocenters. The van der Waals surface area contributed by atoms with Gasteiger partial charge in [0.1, 0.15) is 0 Å². The van der Waals surface area contributed by atoms with Crippen molar-refractivity contribution in [2.45, 2.75) is 19.4 Å². The summed E-state index contributed by atoms with van der Waals surface area (Å²) in [6.45, 7) is 4.22. The van der Waals surface area contributed by atoms with Crippen LogP contribution in [0.15, 0.2) is 30.3 Å². The summed E-state index contributed by atoms with van der Waals surface area (Å²) in [5, 5.41) is 8.81. The monoisotopic (exact) mass is 276 g/mol. The Kier molecular flexibility index (Phi) is 5.56. The van der Waals surface area contributed by atoms with Crippen LogP contribution >= 0.6 is 0 Å². The van der Waals surface area contributed by atoms with Crippen LogP contribution in [0, 0.1) is 5.92 Å². The van der Waals surface area contributed by atoms with Gasteiger partial charge in [-0.15, -0.1) is 0 Å². The van der Waals surface area contributed by atoms with E-state index < -0.39 is 5.97 Å². The van der Waals surface area contributed by atoms with Crippen LogP contribution in [0.5, 0.6) is 0 Å². The molecule has 4 heteroatoms. The molecule has 0 radical (unpaired) electrons. The molecule has 0 spiro atoms. The Morgan fingerprint density at radius 1 is 1.40 bits per heavy atom. The molecule has 1 aromatic carbocycles. The van der Waals surface area contributed by atoms with Crippen LogP contribution in [0.25, 0.3) is 0 Å². The molecule has 2 rings (SSSR count). The van der Waals surface area contributed by atoms with Gasteiger partial charge in [0.2, 0.25) is 0 Å². The van der Waals surface area contributed by atoms with Crippen molar-refractivity contribution in [2.75, 3.05) is 33.2 Å². The number of hydrogen-bond donors (Lipinski definition) is 1. The number of likely N-dealkylation sites (tertiary alicyclic amines) is 1. The van der Waals surface area contributed by atoms with Gasteiger partial charge in [-0.1, -0.05) is 30.3 Å². The lowest BCUT2D eigenvalue weighted by atomic mass is 9.97. The number of rotatable bonds is 6. The summed E-state index contributed by atoms with van der Waals surface area (Å²) in [5.74, 6) is -0.165. The third-order valence-electron chi connectivity index (χ3n) is 3.83. The normalized spacial score (nSPS) is 20.2. The largest absolute Gasteiger partial charge is 0.480 e. The van der Waals surface area contributed by atoms with Crippen molar-refractivity contribution in [1.29, 1.82) is 0 Å². The van der Waals surface area contributed by atoms with E-state index in [1.807, 2.05) is 18.0 Å². The van der Waals surface area contributed by atoms with E-state index >= 15 is 0 Å². The molecular weight excluding hydrogens is 252 g/mol. The highest BCUT2D eigenvalue weighted by atomic mass is 16.4. The first-order valence-corrected chi connectivity index (χ1v) is 7.30. The van der Waals surface area contributed by atoms with E-state index in [2.05, 4.69) is 29.2 Å². The minimum absolute atomic E-state index is 0.134. The number of likely N-dealkylation sites (N-methyl/N-ethyl adjacent to an activating group) is 1. The van der Waals surface area contributed by atoms with Gasteiger partial charge in [-0.05, 0) is 37.9 Å². The SMILES string of the molecule is CN(CC(=O)O)C[C@H]1CCCN(Cc2ccccc2)C1. The molecule has 1 saturated heterocycles. The predicted octanol–water partition coefficient (Wildman–Crippen LogP) is 1.91. The van der Waals surface area contributed by atoms with Gasteiger partial charge in [-0.2, -0.15) is 0 Å². The molecule has 1 N–H and O–H groups in total. The smallest absolute Gasteiger partial charge is 0.317 e. The molecule has 0 unspecified atom stereocenters. The van der Waals surface area contributed by atoms with Crippen LogP contribution in [0.2, 0.25) is 0 Å². The van der Waals surface area contributed by atoms with E-state index in [0.29, 0.717) is 5.92 Å². The zero-order chi connectivity index (χ0) is 14.4. The molecule has 0 aromatic heterocycles. The second kappa shape index (κ2) is 7.41. The van der Waals surface area contributed by atoms with Crippen LogP contribution in [-0.2, 0) is 11.3 Å². The fourth-order valence-electron chi connectivity index (χ4n) is 3.02. The maximum atomic E-state index is 10.7. The molecule has 1 aliphatic rings. The van der Waals surface area contributed by atoms with Crippen molar-refractivity contribution in [1.82, 2.24) is 9.80 Å². The molecule has 1 aliphatic heterocycles. The molecule has 1 heterocycles. The minimum atomic E-state index is -0.746. The topological polar surface area (TPSA) is 43.8 Å². The van der Waals surface area contributed by atoms with Crippen molar-refractivity contribution in [3.05, 3.63) is 35.9 Å². The quantitative estimate of drug-likeness (QED) is 0.862. The highest BCUT2D eigenvalue weighted by Gasteiger charge is 2.21. The predicted molar refractivity (Wildman–Crippen MR) is 79.6 cm³/mol. The zero-order valence-electron chi connectivity index (χ0n) is 12.2. The fourth-order valence-corrected chi connectivity index (χ4v) is 3.02. The minimum Gasteiger partial charge on any atom is -0.480 e. The van der Waals surface area contributed by atoms with E-state index in [4.69, 9.17) is 5.11 Å². The number of benzene rings is 1. The number of carbonyl (C=O) groups is 1. The first-order valence-electron chi connectivity index (χ1n) is 7.30. The number of nitrogens with zero attached hydrogens (tertiary/aromatic N) is 2. The average molecular weight is 276 g/mol. The van der Waals surface area contributed by atoms with Crippen molar-refractivity contribution < 1.29 is 9.90 Å². The maximum Gasteiger partial charge on any atom is 0.317 e. The van der Waals surface area contributed by atoms with Crippen LogP contribution in [0.3, 0.4) is 0 Å². The van der Waals surface area contributed by atoms with E-state index in [9.17, 15) is 4.79 Å². The maximum absolute atomic E-state index is 10.7. The molecule has 110 valence electrons. The van der Waals surface area contributed by atoms with Crippen LogP contribution < -0.4 is 0 Å². The number of hydrogen-bond acceptors (Lipinski definition) is 3. The van der Waals surface area contributed by atoms with Gasteiger partial charge in [-0.3, -0.25) is 14.6 Å². The van der Waals surface area contributed by atoms with Crippen molar-refractivity contribution in [2.24, 2.45) is 5.92 Å². The Balaban J connectivity index is 1.81. The number of carboxylic acid groups (broad SMARTS) is 1. The van der Waals surface area contributed by atoms with E-state index in [1.54, 1.807) is 0 Å². The third-order valence-corrected chi connectivity index (χ3v) is 3.83. The average Bonchev–Trinajstić information content (AvgIpc) is 2.39. The molecular formula is C16H24N2O2. The second-order valence-corrected chi connectivity index (χ2v) is 5.82. The fraction of sp³-hybridized carbons (Fsp3) is 0.562. The number of carboxylic acids is 1. The molecule has 0 aliphatic carbocycles. The summed E-state index contributed by atoms with van der Waals surface area (Å²) in [4.78, 5) is 15.1. The standard InChI is InChI=1S/C16H24N2O2/c1-17(13-16(19)20)10-15-8-5-9-18(12-15)11-14-6-3-2-4-7-14/h2-4,6-7,15H,5,8-13H2,1H3,(H,19,20)/t15-/m1/s1. The summed E-state index contributed by atoms with van der Waals surface area (Å²) in [5.41, 5.74) is 1.35. The zero-order valence-corrected chi connectivity index (χ0v) is 12.2. The summed E-state index contributed by atoms with van der Waals surface area (Å²) in [6.07, 6.45) is 2.41. The Hall–Kier alpha value is -1.39. The van der Waals surface area contributed by atoms with E-state index in [1.165, 1.54) is 18.4 Å². The van der Waals surface area contributed by atoms with Crippen molar-refractivity contribution >= 4 is 5.97 Å². The lowest BCUT2D eigenvalue weighted by molar-refractivity contribution is -0.138. The van der Waals surface area contributed by atoms with E-state index in [-0.39, 0.29) is 6.54 Å². The van der Waals surface area contributed by atoms with Crippen LogP contribution in [0.4, 0.5) is 0 Å². The van der Waals surface area contributed by atoms with Gasteiger partial charge in [0, 0.05) is 19.6 Å². The molecule has 20 heavy (non-hydrogen) atoms. The third kappa shape index (κ3) is 4.94. The van der Waals surface area contributed by atoms with E-state index in [0.717, 1.165) is 26.2 Å². The lowest BCUT2D eigenvalue weighted by Gasteiger charge is -2.34. The summed E-state index contributed by atoms with van der Waals surface area (Å²) < 4.78 is 0. The lowest BCUT2D eigenvalue weighted by Crippen LogP contribution is -2.40. The Morgan fingerprint density at radius 2 is 2.15 bits per heavy atom. The number of piperidine rings is 1. The van der Waals surface area contributed by atoms with Gasteiger partial charge in [0.15, 0.2) is 0 Å².